The predicted molar refractivity (Wildman–Crippen MR) is 110 cm³/mol. The number of thioether (sulfide) groups is 1. The van der Waals surface area contributed by atoms with Gasteiger partial charge in [0.05, 0.1) is 11.8 Å². The highest BCUT2D eigenvalue weighted by Crippen LogP contribution is 2.34. The molecule has 1 unspecified atom stereocenters. The van der Waals surface area contributed by atoms with Crippen LogP contribution in [0.15, 0.2) is 29.6 Å². The van der Waals surface area contributed by atoms with Crippen molar-refractivity contribution < 1.29 is 4.79 Å². The van der Waals surface area contributed by atoms with E-state index in [0.29, 0.717) is 5.75 Å². The summed E-state index contributed by atoms with van der Waals surface area (Å²) in [6, 6.07) is 6.30. The lowest BCUT2D eigenvalue weighted by Crippen LogP contribution is -2.28. The fraction of sp³-hybridized carbons (Fsp3) is 0.350. The lowest BCUT2D eigenvalue weighted by atomic mass is 10.0. The number of hydrogen-bond donors (Lipinski definition) is 1. The molecule has 0 radical (unpaired) electrons. The van der Waals surface area contributed by atoms with E-state index in [-0.39, 0.29) is 11.9 Å². The van der Waals surface area contributed by atoms with E-state index in [1.807, 2.05) is 6.92 Å². The van der Waals surface area contributed by atoms with Crippen LogP contribution in [0.4, 0.5) is 0 Å². The fourth-order valence-corrected chi connectivity index (χ4v) is 4.72. The van der Waals surface area contributed by atoms with E-state index in [9.17, 15) is 4.79 Å². The molecule has 1 atom stereocenters. The van der Waals surface area contributed by atoms with E-state index >= 15 is 0 Å². The molecule has 1 N–H and O–H groups in total. The van der Waals surface area contributed by atoms with Crippen molar-refractivity contribution in [1.82, 2.24) is 15.3 Å². The van der Waals surface area contributed by atoms with Crippen molar-refractivity contribution in [3.63, 3.8) is 0 Å². The number of nitrogens with zero attached hydrogens (tertiary/aromatic N) is 2. The molecule has 2 aromatic heterocycles. The molecular formula is C20H23N3OS2. The van der Waals surface area contributed by atoms with Gasteiger partial charge in [-0.25, -0.2) is 9.97 Å². The van der Waals surface area contributed by atoms with Crippen LogP contribution in [0.3, 0.4) is 0 Å². The summed E-state index contributed by atoms with van der Waals surface area (Å²) < 4.78 is 0. The summed E-state index contributed by atoms with van der Waals surface area (Å²) >= 11 is 3.14. The molecule has 26 heavy (non-hydrogen) atoms. The maximum absolute atomic E-state index is 12.4. The average molecular weight is 386 g/mol. The van der Waals surface area contributed by atoms with Gasteiger partial charge in [0.1, 0.15) is 16.2 Å². The normalized spacial score (nSPS) is 12.3. The summed E-state index contributed by atoms with van der Waals surface area (Å²) in [6.07, 6.45) is 1.58. The molecule has 0 saturated carbocycles. The Morgan fingerprint density at radius 2 is 1.96 bits per heavy atom. The van der Waals surface area contributed by atoms with E-state index in [0.717, 1.165) is 20.8 Å². The number of thiophene rings is 1. The van der Waals surface area contributed by atoms with Gasteiger partial charge in [0.2, 0.25) is 5.91 Å². The molecule has 0 spiro atoms. The molecule has 6 heteroatoms. The van der Waals surface area contributed by atoms with Crippen LogP contribution in [0.25, 0.3) is 10.2 Å². The van der Waals surface area contributed by atoms with Crippen molar-refractivity contribution in [3.05, 3.63) is 51.7 Å². The minimum absolute atomic E-state index is 0.0112. The van der Waals surface area contributed by atoms with Crippen LogP contribution in [0, 0.1) is 27.7 Å². The predicted octanol–water partition coefficient (Wildman–Crippen LogP) is 4.89. The van der Waals surface area contributed by atoms with Crippen molar-refractivity contribution in [3.8, 4) is 0 Å². The number of aryl methyl sites for hydroxylation is 4. The van der Waals surface area contributed by atoms with Gasteiger partial charge in [-0.3, -0.25) is 4.79 Å². The third kappa shape index (κ3) is 3.91. The fourth-order valence-electron chi connectivity index (χ4n) is 2.79. The standard InChI is InChI=1S/C20H23N3OS2/c1-11-6-7-16(8-12(11)2)14(4)23-17(24)9-25-19-18-13(3)15(5)26-20(18)22-10-21-19/h6-8,10,14H,9H2,1-5H3,(H,23,24). The van der Waals surface area contributed by atoms with Gasteiger partial charge >= 0.3 is 0 Å². The molecule has 4 nitrogen and oxygen atoms in total. The van der Waals surface area contributed by atoms with Gasteiger partial charge in [-0.05, 0) is 56.9 Å². The first kappa shape index (κ1) is 18.9. The first-order valence-electron chi connectivity index (χ1n) is 8.57. The summed E-state index contributed by atoms with van der Waals surface area (Å²) in [4.78, 5) is 23.4. The monoisotopic (exact) mass is 385 g/mol. The molecule has 0 aliphatic heterocycles. The second-order valence-electron chi connectivity index (χ2n) is 6.56. The topological polar surface area (TPSA) is 54.9 Å². The molecule has 136 valence electrons. The number of benzene rings is 1. The third-order valence-electron chi connectivity index (χ3n) is 4.68. The van der Waals surface area contributed by atoms with Crippen LogP contribution in [-0.2, 0) is 4.79 Å². The van der Waals surface area contributed by atoms with Crippen LogP contribution in [0.1, 0.15) is 40.1 Å². The van der Waals surface area contributed by atoms with Crippen molar-refractivity contribution in [1.29, 1.82) is 0 Å². The highest BCUT2D eigenvalue weighted by atomic mass is 32.2. The number of carbonyl (C=O) groups excluding carboxylic acids is 1. The minimum atomic E-state index is -0.0158. The van der Waals surface area contributed by atoms with Crippen LogP contribution in [-0.4, -0.2) is 21.6 Å². The zero-order chi connectivity index (χ0) is 18.8. The van der Waals surface area contributed by atoms with E-state index in [4.69, 9.17) is 0 Å². The van der Waals surface area contributed by atoms with Crippen molar-refractivity contribution in [2.75, 3.05) is 5.75 Å². The molecule has 0 saturated heterocycles. The Hall–Kier alpha value is -1.92. The molecule has 0 bridgehead atoms. The zero-order valence-corrected chi connectivity index (χ0v) is 17.3. The Morgan fingerprint density at radius 3 is 2.69 bits per heavy atom. The van der Waals surface area contributed by atoms with Crippen molar-refractivity contribution in [2.45, 2.75) is 45.7 Å². The molecule has 1 amide bonds. The van der Waals surface area contributed by atoms with E-state index in [1.54, 1.807) is 17.7 Å². The van der Waals surface area contributed by atoms with Crippen molar-refractivity contribution >= 4 is 39.2 Å². The van der Waals surface area contributed by atoms with Gasteiger partial charge in [-0.15, -0.1) is 11.3 Å². The number of hydrogen-bond acceptors (Lipinski definition) is 5. The van der Waals surface area contributed by atoms with Gasteiger partial charge < -0.3 is 5.32 Å². The van der Waals surface area contributed by atoms with Gasteiger partial charge in [0.15, 0.2) is 0 Å². The van der Waals surface area contributed by atoms with E-state index < -0.39 is 0 Å². The highest BCUT2D eigenvalue weighted by molar-refractivity contribution is 8.00. The summed E-state index contributed by atoms with van der Waals surface area (Å²) in [7, 11) is 0. The quantitative estimate of drug-likeness (QED) is 0.502. The van der Waals surface area contributed by atoms with Crippen LogP contribution in [0.5, 0.6) is 0 Å². The summed E-state index contributed by atoms with van der Waals surface area (Å²) in [5, 5.41) is 5.04. The third-order valence-corrected chi connectivity index (χ3v) is 6.78. The Balaban J connectivity index is 1.67. The Morgan fingerprint density at radius 1 is 1.19 bits per heavy atom. The first-order chi connectivity index (χ1) is 12.4. The Labute approximate surface area is 162 Å². The van der Waals surface area contributed by atoms with Gasteiger partial charge in [-0.1, -0.05) is 30.0 Å². The molecular weight excluding hydrogens is 362 g/mol. The maximum Gasteiger partial charge on any atom is 0.230 e. The van der Waals surface area contributed by atoms with Gasteiger partial charge in [-0.2, -0.15) is 0 Å². The summed E-state index contributed by atoms with van der Waals surface area (Å²) in [6.45, 7) is 10.4. The largest absolute Gasteiger partial charge is 0.349 e. The summed E-state index contributed by atoms with van der Waals surface area (Å²) in [5.41, 5.74) is 4.83. The van der Waals surface area contributed by atoms with Gasteiger partial charge in [0.25, 0.3) is 0 Å². The Kier molecular flexibility index (Phi) is 5.63. The van der Waals surface area contributed by atoms with Crippen LogP contribution < -0.4 is 5.32 Å². The smallest absolute Gasteiger partial charge is 0.230 e. The number of aromatic nitrogens is 2. The SMILES string of the molecule is Cc1ccc(C(C)NC(=O)CSc2ncnc3sc(C)c(C)c23)cc1C. The molecule has 0 aliphatic carbocycles. The molecule has 1 aromatic carbocycles. The maximum atomic E-state index is 12.4. The molecule has 3 rings (SSSR count). The number of nitrogens with one attached hydrogen (secondary N) is 1. The van der Waals surface area contributed by atoms with Crippen molar-refractivity contribution in [2.24, 2.45) is 0 Å². The molecule has 0 aliphatic rings. The highest BCUT2D eigenvalue weighted by Gasteiger charge is 2.15. The van der Waals surface area contributed by atoms with E-state index in [2.05, 4.69) is 61.2 Å². The average Bonchev–Trinajstić information content (AvgIpc) is 2.90. The van der Waals surface area contributed by atoms with Crippen LogP contribution >= 0.6 is 23.1 Å². The zero-order valence-electron chi connectivity index (χ0n) is 15.7. The molecule has 2 heterocycles. The minimum Gasteiger partial charge on any atom is -0.349 e. The number of amides is 1. The van der Waals surface area contributed by atoms with Gasteiger partial charge in [0, 0.05) is 10.3 Å². The Bertz CT molecular complexity index is 965. The number of carbonyl (C=O) groups is 1. The lowest BCUT2D eigenvalue weighted by Gasteiger charge is -2.15. The number of rotatable bonds is 5. The number of fused-ring (bicyclic) bond motifs is 1. The second-order valence-corrected chi connectivity index (χ2v) is 8.73. The summed E-state index contributed by atoms with van der Waals surface area (Å²) in [5.74, 6) is 0.354. The first-order valence-corrected chi connectivity index (χ1v) is 10.4. The lowest BCUT2D eigenvalue weighted by molar-refractivity contribution is -0.119. The second kappa shape index (κ2) is 7.76. The van der Waals surface area contributed by atoms with Crippen LogP contribution in [0.2, 0.25) is 0 Å². The molecule has 0 fully saturated rings. The van der Waals surface area contributed by atoms with E-state index in [1.165, 1.54) is 33.3 Å². The molecule has 3 aromatic rings.